The van der Waals surface area contributed by atoms with Crippen LogP contribution in [0.1, 0.15) is 13.8 Å². The number of benzene rings is 1. The van der Waals surface area contributed by atoms with Crippen LogP contribution in [0.4, 0.5) is 0 Å². The number of hydrogen-bond acceptors (Lipinski definition) is 4. The molecule has 132 valence electrons. The first-order valence-corrected chi connectivity index (χ1v) is 9.65. The van der Waals surface area contributed by atoms with Gasteiger partial charge in [0.05, 0.1) is 0 Å². The third kappa shape index (κ3) is 3.50. The molecule has 0 amide bonds. The van der Waals surface area contributed by atoms with Crippen LogP contribution in [0.25, 0.3) is 21.9 Å². The van der Waals surface area contributed by atoms with Crippen molar-refractivity contribution in [2.75, 3.05) is 25.4 Å². The van der Waals surface area contributed by atoms with E-state index in [1.807, 2.05) is 24.3 Å². The minimum absolute atomic E-state index is 0.0357. The Morgan fingerprint density at radius 2 is 2.08 bits per heavy atom. The van der Waals surface area contributed by atoms with Gasteiger partial charge in [0, 0.05) is 29.7 Å². The molecule has 0 saturated heterocycles. The predicted molar refractivity (Wildman–Crippen MR) is 107 cm³/mol. The van der Waals surface area contributed by atoms with Gasteiger partial charge in [-0.15, -0.1) is 6.58 Å². The maximum atomic E-state index is 12.9. The Morgan fingerprint density at radius 1 is 1.32 bits per heavy atom. The Labute approximate surface area is 151 Å². The lowest BCUT2D eigenvalue weighted by atomic mass is 10.2. The zero-order chi connectivity index (χ0) is 17.8. The molecule has 0 atom stereocenters. The summed E-state index contributed by atoms with van der Waals surface area (Å²) < 4.78 is 1.71. The van der Waals surface area contributed by atoms with Crippen molar-refractivity contribution in [3.63, 3.8) is 0 Å². The van der Waals surface area contributed by atoms with Crippen molar-refractivity contribution in [3.8, 4) is 0 Å². The van der Waals surface area contributed by atoms with Gasteiger partial charge in [-0.25, -0.2) is 4.98 Å². The summed E-state index contributed by atoms with van der Waals surface area (Å²) in [6, 6.07) is 7.91. The topological polar surface area (TPSA) is 53.9 Å². The number of para-hydroxylation sites is 1. The Bertz CT molecular complexity index is 940. The molecular weight excluding hydrogens is 332 g/mol. The third-order valence-electron chi connectivity index (χ3n) is 4.42. The lowest BCUT2D eigenvalue weighted by molar-refractivity contribution is 0.323. The Balaban J connectivity index is 2.03. The molecule has 2 aromatic heterocycles. The van der Waals surface area contributed by atoms with E-state index in [1.165, 1.54) is 0 Å². The number of aromatic amines is 1. The average Bonchev–Trinajstić information content (AvgIpc) is 3.01. The summed E-state index contributed by atoms with van der Waals surface area (Å²) in [5.41, 5.74) is 2.23. The number of rotatable bonds is 8. The molecule has 0 bridgehead atoms. The molecule has 1 N–H and O–H groups in total. The van der Waals surface area contributed by atoms with Crippen LogP contribution >= 0.6 is 11.8 Å². The SMILES string of the molecule is C=CCn1c(SCCN(CC)CC)nc2c([nH]c3ccccc32)c1=O. The number of aromatic nitrogens is 3. The fourth-order valence-electron chi connectivity index (χ4n) is 2.98. The highest BCUT2D eigenvalue weighted by molar-refractivity contribution is 7.99. The second-order valence-corrected chi connectivity index (χ2v) is 6.93. The summed E-state index contributed by atoms with van der Waals surface area (Å²) in [6.45, 7) is 11.6. The molecule has 0 aliphatic carbocycles. The smallest absolute Gasteiger partial charge is 0.278 e. The average molecular weight is 356 g/mol. The summed E-state index contributed by atoms with van der Waals surface area (Å²) in [7, 11) is 0. The monoisotopic (exact) mass is 356 g/mol. The Morgan fingerprint density at radius 3 is 2.80 bits per heavy atom. The number of nitrogens with one attached hydrogen (secondary N) is 1. The number of allylic oxidation sites excluding steroid dienone is 1. The van der Waals surface area contributed by atoms with E-state index in [4.69, 9.17) is 4.98 Å². The van der Waals surface area contributed by atoms with Gasteiger partial charge in [-0.05, 0) is 19.2 Å². The van der Waals surface area contributed by atoms with E-state index in [0.29, 0.717) is 12.1 Å². The first-order chi connectivity index (χ1) is 12.2. The molecule has 5 nitrogen and oxygen atoms in total. The zero-order valence-electron chi connectivity index (χ0n) is 14.8. The van der Waals surface area contributed by atoms with Crippen LogP contribution in [0.3, 0.4) is 0 Å². The molecule has 2 heterocycles. The van der Waals surface area contributed by atoms with E-state index in [1.54, 1.807) is 22.4 Å². The van der Waals surface area contributed by atoms with Crippen molar-refractivity contribution >= 4 is 33.7 Å². The summed E-state index contributed by atoms with van der Waals surface area (Å²) >= 11 is 1.64. The summed E-state index contributed by atoms with van der Waals surface area (Å²) in [5.74, 6) is 0.902. The van der Waals surface area contributed by atoms with Crippen molar-refractivity contribution in [1.82, 2.24) is 19.4 Å². The third-order valence-corrected chi connectivity index (χ3v) is 5.38. The fraction of sp³-hybridized carbons (Fsp3) is 0.368. The van der Waals surface area contributed by atoms with Crippen LogP contribution in [0, 0.1) is 0 Å². The molecule has 0 spiro atoms. The first kappa shape index (κ1) is 17.8. The summed E-state index contributed by atoms with van der Waals surface area (Å²) in [4.78, 5) is 23.3. The van der Waals surface area contributed by atoms with E-state index >= 15 is 0 Å². The van der Waals surface area contributed by atoms with Crippen molar-refractivity contribution in [3.05, 3.63) is 47.3 Å². The van der Waals surface area contributed by atoms with Gasteiger partial charge < -0.3 is 9.88 Å². The van der Waals surface area contributed by atoms with Crippen molar-refractivity contribution in [1.29, 1.82) is 0 Å². The number of H-pyrrole nitrogens is 1. The lowest BCUT2D eigenvalue weighted by Crippen LogP contribution is -2.26. The second kappa shape index (κ2) is 7.89. The molecule has 0 saturated carbocycles. The fourth-order valence-corrected chi connectivity index (χ4v) is 3.98. The minimum Gasteiger partial charge on any atom is -0.349 e. The molecule has 0 aliphatic heterocycles. The Hall–Kier alpha value is -2.05. The molecular formula is C19H24N4OS. The standard InChI is InChI=1S/C19H24N4OS/c1-4-11-23-18(24)17-16(14-9-7-8-10-15(14)20-17)21-19(23)25-13-12-22(5-2)6-3/h4,7-10,20H,1,5-6,11-13H2,2-3H3. The van der Waals surface area contributed by atoms with Gasteiger partial charge in [0.15, 0.2) is 5.16 Å². The molecule has 0 unspecified atom stereocenters. The van der Waals surface area contributed by atoms with Crippen molar-refractivity contribution in [2.45, 2.75) is 25.5 Å². The molecule has 3 aromatic rings. The molecule has 0 fully saturated rings. The van der Waals surface area contributed by atoms with Crippen LogP contribution in [0.2, 0.25) is 0 Å². The molecule has 3 rings (SSSR count). The van der Waals surface area contributed by atoms with Crippen molar-refractivity contribution in [2.24, 2.45) is 0 Å². The maximum Gasteiger partial charge on any atom is 0.278 e. The van der Waals surface area contributed by atoms with Gasteiger partial charge in [-0.1, -0.05) is 49.9 Å². The number of nitrogens with zero attached hydrogens (tertiary/aromatic N) is 3. The van der Waals surface area contributed by atoms with E-state index < -0.39 is 0 Å². The maximum absolute atomic E-state index is 12.9. The summed E-state index contributed by atoms with van der Waals surface area (Å²) in [6.07, 6.45) is 1.74. The van der Waals surface area contributed by atoms with Crippen molar-refractivity contribution < 1.29 is 0 Å². The number of thioether (sulfide) groups is 1. The van der Waals surface area contributed by atoms with E-state index in [9.17, 15) is 4.79 Å². The van der Waals surface area contributed by atoms with Gasteiger partial charge in [-0.3, -0.25) is 9.36 Å². The van der Waals surface area contributed by atoms with Gasteiger partial charge >= 0.3 is 0 Å². The highest BCUT2D eigenvalue weighted by Crippen LogP contribution is 2.24. The number of hydrogen-bond donors (Lipinski definition) is 1. The van der Waals surface area contributed by atoms with Gasteiger partial charge in [0.25, 0.3) is 5.56 Å². The largest absolute Gasteiger partial charge is 0.349 e. The summed E-state index contributed by atoms with van der Waals surface area (Å²) in [5, 5.41) is 1.75. The second-order valence-electron chi connectivity index (χ2n) is 5.87. The molecule has 0 radical (unpaired) electrons. The van der Waals surface area contributed by atoms with Gasteiger partial charge in [0.1, 0.15) is 11.0 Å². The molecule has 1 aromatic carbocycles. The minimum atomic E-state index is -0.0357. The quantitative estimate of drug-likeness (QED) is 0.381. The van der Waals surface area contributed by atoms with Crippen LogP contribution in [0.15, 0.2) is 46.9 Å². The lowest BCUT2D eigenvalue weighted by Gasteiger charge is -2.17. The Kier molecular flexibility index (Phi) is 5.60. The van der Waals surface area contributed by atoms with Gasteiger partial charge in [-0.2, -0.15) is 0 Å². The van der Waals surface area contributed by atoms with Crippen LogP contribution < -0.4 is 5.56 Å². The number of fused-ring (bicyclic) bond motifs is 3. The molecule has 0 aliphatic rings. The van der Waals surface area contributed by atoms with Crippen LogP contribution in [-0.2, 0) is 6.54 Å². The molecule has 6 heteroatoms. The normalized spacial score (nSPS) is 11.6. The van der Waals surface area contributed by atoms with E-state index in [-0.39, 0.29) is 5.56 Å². The molecule has 25 heavy (non-hydrogen) atoms. The van der Waals surface area contributed by atoms with Crippen LogP contribution in [0.5, 0.6) is 0 Å². The van der Waals surface area contributed by atoms with E-state index in [0.717, 1.165) is 47.0 Å². The van der Waals surface area contributed by atoms with Gasteiger partial charge in [0.2, 0.25) is 0 Å². The van der Waals surface area contributed by atoms with E-state index in [2.05, 4.69) is 30.3 Å². The highest BCUT2D eigenvalue weighted by Gasteiger charge is 2.15. The highest BCUT2D eigenvalue weighted by atomic mass is 32.2. The van der Waals surface area contributed by atoms with Crippen LogP contribution in [-0.4, -0.2) is 44.8 Å². The predicted octanol–water partition coefficient (Wildman–Crippen LogP) is 3.50. The zero-order valence-corrected chi connectivity index (χ0v) is 15.6. The first-order valence-electron chi connectivity index (χ1n) is 8.66.